The molecule has 1 heterocycles. The molecule has 0 fully saturated rings. The molecule has 0 radical (unpaired) electrons. The van der Waals surface area contributed by atoms with E-state index in [1.807, 2.05) is 37.3 Å². The molecule has 0 spiro atoms. The van der Waals surface area contributed by atoms with Gasteiger partial charge in [0.1, 0.15) is 11.5 Å². The van der Waals surface area contributed by atoms with Crippen LogP contribution in [0.4, 0.5) is 0 Å². The summed E-state index contributed by atoms with van der Waals surface area (Å²) in [7, 11) is 3.22. The van der Waals surface area contributed by atoms with E-state index in [-0.39, 0.29) is 6.42 Å². The zero-order valence-electron chi connectivity index (χ0n) is 14.6. The average molecular weight is 339 g/mol. The van der Waals surface area contributed by atoms with Crippen molar-refractivity contribution in [2.45, 2.75) is 19.8 Å². The molecule has 0 aliphatic carbocycles. The molecule has 0 saturated carbocycles. The molecule has 0 aliphatic heterocycles. The van der Waals surface area contributed by atoms with E-state index in [2.05, 4.69) is 11.1 Å². The number of aliphatic carboxylic acids is 1. The fraction of sp³-hybridized carbons (Fsp3) is 0.250. The number of hydrogen-bond acceptors (Lipinski definition) is 3. The predicted octanol–water partition coefficient (Wildman–Crippen LogP) is 4.18. The number of rotatable bonds is 6. The molecule has 2 aromatic carbocycles. The van der Waals surface area contributed by atoms with Gasteiger partial charge in [-0.3, -0.25) is 4.79 Å². The van der Waals surface area contributed by atoms with Crippen LogP contribution in [0.3, 0.4) is 0 Å². The zero-order valence-corrected chi connectivity index (χ0v) is 14.6. The molecule has 0 unspecified atom stereocenters. The Bertz CT molecular complexity index is 927. The molecule has 2 N–H and O–H groups in total. The zero-order chi connectivity index (χ0) is 18.0. The Morgan fingerprint density at radius 3 is 2.60 bits per heavy atom. The van der Waals surface area contributed by atoms with Crippen molar-refractivity contribution in [3.8, 4) is 22.8 Å². The first-order valence-electron chi connectivity index (χ1n) is 8.09. The SMILES string of the molecule is COc1ccc(-c2[nH]c3ccc(C)cc3c2CCC(=O)O)c(OC)c1. The summed E-state index contributed by atoms with van der Waals surface area (Å²) in [5.74, 6) is 0.577. The highest BCUT2D eigenvalue weighted by atomic mass is 16.5. The van der Waals surface area contributed by atoms with Crippen molar-refractivity contribution >= 4 is 16.9 Å². The Balaban J connectivity index is 2.21. The fourth-order valence-electron chi connectivity index (χ4n) is 3.09. The number of hydrogen-bond donors (Lipinski definition) is 2. The Morgan fingerprint density at radius 2 is 1.92 bits per heavy atom. The first kappa shape index (κ1) is 16.9. The maximum Gasteiger partial charge on any atom is 0.303 e. The van der Waals surface area contributed by atoms with Crippen molar-refractivity contribution in [2.75, 3.05) is 14.2 Å². The summed E-state index contributed by atoms with van der Waals surface area (Å²) in [6.45, 7) is 2.03. The van der Waals surface area contributed by atoms with E-state index >= 15 is 0 Å². The highest BCUT2D eigenvalue weighted by Gasteiger charge is 2.18. The summed E-state index contributed by atoms with van der Waals surface area (Å²) >= 11 is 0. The lowest BCUT2D eigenvalue weighted by Gasteiger charge is -2.11. The quantitative estimate of drug-likeness (QED) is 0.707. The summed E-state index contributed by atoms with van der Waals surface area (Å²) in [6, 6.07) is 11.8. The third-order valence-electron chi connectivity index (χ3n) is 4.33. The van der Waals surface area contributed by atoms with Crippen LogP contribution >= 0.6 is 0 Å². The van der Waals surface area contributed by atoms with Crippen LogP contribution < -0.4 is 9.47 Å². The number of benzene rings is 2. The standard InChI is InChI=1S/C20H21NO4/c1-12-4-8-17-16(10-12)14(7-9-19(22)23)20(21-17)15-6-5-13(24-2)11-18(15)25-3/h4-6,8,10-11,21H,7,9H2,1-3H3,(H,22,23). The molecule has 0 saturated heterocycles. The van der Waals surface area contributed by atoms with E-state index in [1.165, 1.54) is 0 Å². The molecule has 0 amide bonds. The third-order valence-corrected chi connectivity index (χ3v) is 4.33. The van der Waals surface area contributed by atoms with Crippen molar-refractivity contribution in [1.29, 1.82) is 0 Å². The minimum Gasteiger partial charge on any atom is -0.497 e. The Morgan fingerprint density at radius 1 is 1.12 bits per heavy atom. The van der Waals surface area contributed by atoms with Crippen LogP contribution in [0, 0.1) is 6.92 Å². The number of H-pyrrole nitrogens is 1. The maximum atomic E-state index is 11.1. The van der Waals surface area contributed by atoms with Crippen LogP contribution in [0.15, 0.2) is 36.4 Å². The first-order valence-corrected chi connectivity index (χ1v) is 8.09. The average Bonchev–Trinajstić information content (AvgIpc) is 2.96. The highest BCUT2D eigenvalue weighted by Crippen LogP contribution is 2.38. The summed E-state index contributed by atoms with van der Waals surface area (Å²) < 4.78 is 10.8. The van der Waals surface area contributed by atoms with Gasteiger partial charge in [0, 0.05) is 29.0 Å². The first-order chi connectivity index (χ1) is 12.0. The number of carboxylic acid groups (broad SMARTS) is 1. The maximum absolute atomic E-state index is 11.1. The molecule has 130 valence electrons. The van der Waals surface area contributed by atoms with E-state index < -0.39 is 5.97 Å². The van der Waals surface area contributed by atoms with Crippen molar-refractivity contribution in [1.82, 2.24) is 4.98 Å². The van der Waals surface area contributed by atoms with Gasteiger partial charge >= 0.3 is 5.97 Å². The third kappa shape index (κ3) is 3.31. The predicted molar refractivity (Wildman–Crippen MR) is 97.5 cm³/mol. The van der Waals surface area contributed by atoms with Crippen molar-refractivity contribution in [3.63, 3.8) is 0 Å². The normalized spacial score (nSPS) is 10.8. The van der Waals surface area contributed by atoms with Gasteiger partial charge in [0.25, 0.3) is 0 Å². The number of aromatic amines is 1. The van der Waals surface area contributed by atoms with Crippen molar-refractivity contribution in [3.05, 3.63) is 47.5 Å². The van der Waals surface area contributed by atoms with Crippen LogP contribution in [0.1, 0.15) is 17.5 Å². The molecule has 0 aliphatic rings. The van der Waals surface area contributed by atoms with Crippen LogP contribution in [-0.4, -0.2) is 30.3 Å². The van der Waals surface area contributed by atoms with Gasteiger partial charge in [-0.2, -0.15) is 0 Å². The second-order valence-electron chi connectivity index (χ2n) is 5.99. The van der Waals surface area contributed by atoms with E-state index in [4.69, 9.17) is 14.6 Å². The molecule has 3 rings (SSSR count). The van der Waals surface area contributed by atoms with E-state index in [9.17, 15) is 4.79 Å². The van der Waals surface area contributed by atoms with Gasteiger partial charge in [0.2, 0.25) is 0 Å². The van der Waals surface area contributed by atoms with Crippen LogP contribution in [0.25, 0.3) is 22.2 Å². The minimum absolute atomic E-state index is 0.0758. The Hall–Kier alpha value is -2.95. The number of ether oxygens (including phenoxy) is 2. The largest absolute Gasteiger partial charge is 0.497 e. The molecule has 0 atom stereocenters. The summed E-state index contributed by atoms with van der Waals surface area (Å²) in [4.78, 5) is 14.5. The Kier molecular flexibility index (Phi) is 4.65. The van der Waals surface area contributed by atoms with Gasteiger partial charge < -0.3 is 19.6 Å². The number of carbonyl (C=O) groups is 1. The summed E-state index contributed by atoms with van der Waals surface area (Å²) in [6.07, 6.45) is 0.523. The van der Waals surface area contributed by atoms with Crippen LogP contribution in [0.2, 0.25) is 0 Å². The molecule has 3 aromatic rings. The number of fused-ring (bicyclic) bond motifs is 1. The van der Waals surface area contributed by atoms with Crippen LogP contribution in [0.5, 0.6) is 11.5 Å². The van der Waals surface area contributed by atoms with Crippen molar-refractivity contribution < 1.29 is 19.4 Å². The molecular weight excluding hydrogens is 318 g/mol. The molecule has 0 bridgehead atoms. The van der Waals surface area contributed by atoms with Gasteiger partial charge in [-0.1, -0.05) is 11.6 Å². The van der Waals surface area contributed by atoms with E-state index in [0.717, 1.165) is 33.3 Å². The number of aromatic nitrogens is 1. The summed E-state index contributed by atoms with van der Waals surface area (Å²) in [5, 5.41) is 10.2. The monoisotopic (exact) mass is 339 g/mol. The van der Waals surface area contributed by atoms with Gasteiger partial charge in [-0.25, -0.2) is 0 Å². The van der Waals surface area contributed by atoms with Gasteiger partial charge in [0.15, 0.2) is 0 Å². The molecule has 25 heavy (non-hydrogen) atoms. The number of methoxy groups -OCH3 is 2. The second-order valence-corrected chi connectivity index (χ2v) is 5.99. The van der Waals surface area contributed by atoms with Gasteiger partial charge in [-0.05, 0) is 43.2 Å². The fourth-order valence-corrected chi connectivity index (χ4v) is 3.09. The summed E-state index contributed by atoms with van der Waals surface area (Å²) in [5.41, 5.74) is 4.89. The molecule has 5 nitrogen and oxygen atoms in total. The second kappa shape index (κ2) is 6.89. The highest BCUT2D eigenvalue weighted by molar-refractivity contribution is 5.92. The molecule has 5 heteroatoms. The van der Waals surface area contributed by atoms with Gasteiger partial charge in [-0.15, -0.1) is 0 Å². The lowest BCUT2D eigenvalue weighted by molar-refractivity contribution is -0.136. The number of aryl methyl sites for hydroxylation is 2. The number of nitrogens with one attached hydrogen (secondary N) is 1. The Labute approximate surface area is 146 Å². The van der Waals surface area contributed by atoms with Gasteiger partial charge in [0.05, 0.1) is 19.9 Å². The number of carboxylic acids is 1. The molecule has 1 aromatic heterocycles. The molecular formula is C20H21NO4. The topological polar surface area (TPSA) is 71.6 Å². The van der Waals surface area contributed by atoms with E-state index in [1.54, 1.807) is 14.2 Å². The van der Waals surface area contributed by atoms with Crippen LogP contribution in [-0.2, 0) is 11.2 Å². The lowest BCUT2D eigenvalue weighted by Crippen LogP contribution is -1.99. The van der Waals surface area contributed by atoms with E-state index in [0.29, 0.717) is 17.9 Å². The minimum atomic E-state index is -0.811. The smallest absolute Gasteiger partial charge is 0.303 e. The van der Waals surface area contributed by atoms with Crippen molar-refractivity contribution in [2.24, 2.45) is 0 Å². The lowest BCUT2D eigenvalue weighted by atomic mass is 9.99.